The molecule has 2 amide bonds. The highest BCUT2D eigenvalue weighted by atomic mass is 32.1. The van der Waals surface area contributed by atoms with Crippen LogP contribution in [0.25, 0.3) is 10.2 Å². The molecule has 5 rings (SSSR count). The summed E-state index contributed by atoms with van der Waals surface area (Å²) in [4.78, 5) is 29.1. The fourth-order valence-corrected chi connectivity index (χ4v) is 5.88. The van der Waals surface area contributed by atoms with Crippen LogP contribution in [-0.4, -0.2) is 32.9 Å². The monoisotopic (exact) mass is 453 g/mol. The van der Waals surface area contributed by atoms with Gasteiger partial charge < -0.3 is 14.8 Å². The Bertz CT molecular complexity index is 1140. The number of carbonyl (C=O) groups excluding carboxylic acids is 2. The first-order valence-corrected chi connectivity index (χ1v) is 12.3. The normalized spacial score (nSPS) is 22.1. The minimum absolute atomic E-state index is 0.109. The second-order valence-corrected chi connectivity index (χ2v) is 10.2. The van der Waals surface area contributed by atoms with Crippen LogP contribution in [0.5, 0.6) is 0 Å². The van der Waals surface area contributed by atoms with Gasteiger partial charge in [-0.2, -0.15) is 0 Å². The lowest BCUT2D eigenvalue weighted by molar-refractivity contribution is -0.134. The molecule has 168 valence electrons. The molecule has 3 aromatic rings. The van der Waals surface area contributed by atoms with Gasteiger partial charge in [-0.1, -0.05) is 37.8 Å². The number of nitrogens with one attached hydrogen (secondary N) is 1. The molecule has 0 radical (unpaired) electrons. The van der Waals surface area contributed by atoms with E-state index in [-0.39, 0.29) is 30.2 Å². The van der Waals surface area contributed by atoms with Gasteiger partial charge in [-0.25, -0.2) is 4.39 Å². The number of thiophene rings is 1. The second-order valence-electron chi connectivity index (χ2n) is 9.24. The van der Waals surface area contributed by atoms with Crippen LogP contribution in [0.1, 0.15) is 61.5 Å². The van der Waals surface area contributed by atoms with Crippen molar-refractivity contribution < 1.29 is 14.0 Å². The predicted molar refractivity (Wildman–Crippen MR) is 124 cm³/mol. The van der Waals surface area contributed by atoms with Crippen molar-refractivity contribution in [3.8, 4) is 0 Å². The summed E-state index contributed by atoms with van der Waals surface area (Å²) < 4.78 is 16.5. The van der Waals surface area contributed by atoms with Crippen LogP contribution < -0.4 is 5.32 Å². The summed E-state index contributed by atoms with van der Waals surface area (Å²) >= 11 is 1.60. The lowest BCUT2D eigenvalue weighted by atomic mass is 9.93. The highest BCUT2D eigenvalue weighted by Crippen LogP contribution is 2.35. The van der Waals surface area contributed by atoms with E-state index in [2.05, 4.69) is 5.32 Å². The van der Waals surface area contributed by atoms with Gasteiger partial charge in [0.1, 0.15) is 17.1 Å². The Hall–Kier alpha value is -2.67. The van der Waals surface area contributed by atoms with Gasteiger partial charge >= 0.3 is 0 Å². The predicted octanol–water partition coefficient (Wildman–Crippen LogP) is 5.10. The zero-order chi connectivity index (χ0) is 22.3. The summed E-state index contributed by atoms with van der Waals surface area (Å²) in [5.41, 5.74) is 1.36. The Labute approximate surface area is 191 Å². The Morgan fingerprint density at radius 2 is 1.88 bits per heavy atom. The molecule has 32 heavy (non-hydrogen) atoms. The molecule has 1 aliphatic heterocycles. The third-order valence-electron chi connectivity index (χ3n) is 6.98. The van der Waals surface area contributed by atoms with Gasteiger partial charge in [-0.3, -0.25) is 9.59 Å². The first-order chi connectivity index (χ1) is 15.5. The first-order valence-electron chi connectivity index (χ1n) is 11.4. The van der Waals surface area contributed by atoms with Gasteiger partial charge in [-0.05, 0) is 55.0 Å². The van der Waals surface area contributed by atoms with Crippen molar-refractivity contribution in [3.05, 3.63) is 58.9 Å². The van der Waals surface area contributed by atoms with Crippen LogP contribution in [0.4, 0.5) is 4.39 Å². The SMILES string of the molecule is CC1(C(=O)NC2CCCCCC2)Cn2c(cc3sccc32)C(=O)N1Cc1ccc(F)cc1. The number of benzene rings is 1. The number of carbonyl (C=O) groups is 2. The van der Waals surface area contributed by atoms with E-state index >= 15 is 0 Å². The molecule has 7 heteroatoms. The minimum Gasteiger partial charge on any atom is -0.351 e. The molecule has 1 fully saturated rings. The van der Waals surface area contributed by atoms with Crippen molar-refractivity contribution in [3.63, 3.8) is 0 Å². The summed E-state index contributed by atoms with van der Waals surface area (Å²) in [6, 6.07) is 10.2. The van der Waals surface area contributed by atoms with Gasteiger partial charge in [-0.15, -0.1) is 11.3 Å². The quantitative estimate of drug-likeness (QED) is 0.559. The average molecular weight is 454 g/mol. The van der Waals surface area contributed by atoms with E-state index < -0.39 is 5.54 Å². The van der Waals surface area contributed by atoms with E-state index in [1.807, 2.05) is 29.0 Å². The number of amides is 2. The zero-order valence-electron chi connectivity index (χ0n) is 18.3. The summed E-state index contributed by atoms with van der Waals surface area (Å²) in [5.74, 6) is -0.591. The fraction of sp³-hybridized carbons (Fsp3) is 0.440. The summed E-state index contributed by atoms with van der Waals surface area (Å²) in [7, 11) is 0. The molecule has 2 aliphatic rings. The number of hydrogen-bond donors (Lipinski definition) is 1. The third-order valence-corrected chi connectivity index (χ3v) is 7.84. The molecular weight excluding hydrogens is 425 g/mol. The summed E-state index contributed by atoms with van der Waals surface area (Å²) in [6.45, 7) is 2.52. The molecule has 0 saturated heterocycles. The minimum atomic E-state index is -1.04. The molecule has 1 saturated carbocycles. The molecule has 1 N–H and O–H groups in total. The molecule has 1 unspecified atom stereocenters. The maximum atomic E-state index is 13.7. The molecule has 2 aromatic heterocycles. The number of aromatic nitrogens is 1. The standard InChI is InChI=1S/C25H28FN3O2S/c1-25(24(31)27-19-6-4-2-3-5-7-19)16-28-20-12-13-32-22(20)14-21(28)23(30)29(25)15-17-8-10-18(26)11-9-17/h8-14,19H,2-7,15-16H2,1H3,(H,27,31). The molecule has 5 nitrogen and oxygen atoms in total. The Kier molecular flexibility index (Phi) is 5.53. The van der Waals surface area contributed by atoms with Gasteiger partial charge in [0.15, 0.2) is 0 Å². The number of halogens is 1. The molecule has 1 aromatic carbocycles. The van der Waals surface area contributed by atoms with Crippen molar-refractivity contribution in [1.82, 2.24) is 14.8 Å². The maximum absolute atomic E-state index is 13.7. The smallest absolute Gasteiger partial charge is 0.271 e. The van der Waals surface area contributed by atoms with Crippen LogP contribution in [0, 0.1) is 5.82 Å². The van der Waals surface area contributed by atoms with Crippen molar-refractivity contribution >= 4 is 33.4 Å². The van der Waals surface area contributed by atoms with Crippen LogP contribution in [0.15, 0.2) is 41.8 Å². The fourth-order valence-electron chi connectivity index (χ4n) is 5.06. The van der Waals surface area contributed by atoms with Crippen molar-refractivity contribution in [2.75, 3.05) is 0 Å². The van der Waals surface area contributed by atoms with Crippen molar-refractivity contribution in [1.29, 1.82) is 0 Å². The molecular formula is C25H28FN3O2S. The van der Waals surface area contributed by atoms with E-state index in [4.69, 9.17) is 0 Å². The van der Waals surface area contributed by atoms with Gasteiger partial charge in [0, 0.05) is 12.6 Å². The van der Waals surface area contributed by atoms with E-state index in [1.165, 1.54) is 25.0 Å². The highest BCUT2D eigenvalue weighted by Gasteiger charge is 2.48. The van der Waals surface area contributed by atoms with Crippen molar-refractivity contribution in [2.24, 2.45) is 0 Å². The number of fused-ring (bicyclic) bond motifs is 3. The van der Waals surface area contributed by atoms with E-state index in [1.54, 1.807) is 28.4 Å². The van der Waals surface area contributed by atoms with Gasteiger partial charge in [0.25, 0.3) is 5.91 Å². The summed E-state index contributed by atoms with van der Waals surface area (Å²) in [5, 5.41) is 5.29. The number of rotatable bonds is 4. The van der Waals surface area contributed by atoms with Crippen LogP contribution in [-0.2, 0) is 17.9 Å². The van der Waals surface area contributed by atoms with Crippen LogP contribution in [0.2, 0.25) is 0 Å². The molecule has 0 bridgehead atoms. The lowest BCUT2D eigenvalue weighted by Gasteiger charge is -2.44. The molecule has 1 aliphatic carbocycles. The Morgan fingerprint density at radius 1 is 1.16 bits per heavy atom. The molecule has 0 spiro atoms. The van der Waals surface area contributed by atoms with E-state index in [0.29, 0.717) is 12.2 Å². The molecule has 1 atom stereocenters. The number of nitrogens with zero attached hydrogens (tertiary/aromatic N) is 2. The van der Waals surface area contributed by atoms with Crippen molar-refractivity contribution in [2.45, 2.75) is 70.1 Å². The maximum Gasteiger partial charge on any atom is 0.271 e. The Morgan fingerprint density at radius 3 is 2.59 bits per heavy atom. The third kappa shape index (κ3) is 3.72. The second kappa shape index (κ2) is 8.35. The average Bonchev–Trinajstić information content (AvgIpc) is 3.27. The van der Waals surface area contributed by atoms with Gasteiger partial charge in [0.05, 0.1) is 16.8 Å². The molecule has 3 heterocycles. The largest absolute Gasteiger partial charge is 0.351 e. The van der Waals surface area contributed by atoms with Gasteiger partial charge in [0.2, 0.25) is 5.91 Å². The zero-order valence-corrected chi connectivity index (χ0v) is 19.1. The summed E-state index contributed by atoms with van der Waals surface area (Å²) in [6.07, 6.45) is 6.63. The first kappa shape index (κ1) is 21.2. The highest BCUT2D eigenvalue weighted by molar-refractivity contribution is 7.17. The Balaban J connectivity index is 1.51. The lowest BCUT2D eigenvalue weighted by Crippen LogP contribution is -2.64. The van der Waals surface area contributed by atoms with Crippen LogP contribution >= 0.6 is 11.3 Å². The number of hydrogen-bond acceptors (Lipinski definition) is 3. The van der Waals surface area contributed by atoms with Crippen LogP contribution in [0.3, 0.4) is 0 Å². The topological polar surface area (TPSA) is 54.3 Å². The van der Waals surface area contributed by atoms with E-state index in [9.17, 15) is 14.0 Å². The van der Waals surface area contributed by atoms with E-state index in [0.717, 1.165) is 41.5 Å².